The molecule has 0 saturated heterocycles. The Kier molecular flexibility index (Phi) is 10.2. The quantitative estimate of drug-likeness (QED) is 0.260. The first kappa shape index (κ1) is 28.6. The van der Waals surface area contributed by atoms with Crippen molar-refractivity contribution in [1.82, 2.24) is 25.6 Å². The van der Waals surface area contributed by atoms with Gasteiger partial charge in [0.1, 0.15) is 17.0 Å². The molecular weight excluding hydrogens is 488 g/mol. The van der Waals surface area contributed by atoms with E-state index in [1.807, 2.05) is 13.0 Å². The summed E-state index contributed by atoms with van der Waals surface area (Å²) in [5, 5.41) is 14.0. The smallest absolute Gasteiger partial charge is 0.407 e. The van der Waals surface area contributed by atoms with Crippen LogP contribution in [0.4, 0.5) is 27.0 Å². The normalized spacial score (nSPS) is 12.8. The molecule has 0 bridgehead atoms. The van der Waals surface area contributed by atoms with Gasteiger partial charge in [0.25, 0.3) is 5.91 Å². The fraction of sp³-hybridized carbons (Fsp3) is 0.538. The summed E-state index contributed by atoms with van der Waals surface area (Å²) >= 11 is 0. The molecule has 1 aliphatic rings. The lowest BCUT2D eigenvalue weighted by Gasteiger charge is -2.19. The summed E-state index contributed by atoms with van der Waals surface area (Å²) in [6.45, 7) is 8.63. The van der Waals surface area contributed by atoms with Gasteiger partial charge in [-0.2, -0.15) is 4.98 Å². The molecule has 12 heteroatoms. The van der Waals surface area contributed by atoms with Gasteiger partial charge < -0.3 is 26.0 Å². The van der Waals surface area contributed by atoms with Crippen LogP contribution in [0.2, 0.25) is 0 Å². The number of rotatable bonds is 12. The number of nitrogens with one attached hydrogen (secondary N) is 5. The summed E-state index contributed by atoms with van der Waals surface area (Å²) < 4.78 is 5.18. The van der Waals surface area contributed by atoms with Gasteiger partial charge >= 0.3 is 12.1 Å². The van der Waals surface area contributed by atoms with E-state index >= 15 is 0 Å². The van der Waals surface area contributed by atoms with Crippen molar-refractivity contribution >= 4 is 35.5 Å². The Hall–Kier alpha value is -3.96. The highest BCUT2D eigenvalue weighted by molar-refractivity contribution is 6.00. The molecule has 3 rings (SSSR count). The number of pyridine rings is 1. The maximum atomic E-state index is 12.8. The number of ether oxygens (including phenoxy) is 1. The Morgan fingerprint density at radius 1 is 1.05 bits per heavy atom. The lowest BCUT2D eigenvalue weighted by Crippen LogP contribution is -2.34. The van der Waals surface area contributed by atoms with Gasteiger partial charge in [-0.1, -0.05) is 6.92 Å². The number of urea groups is 1. The SMILES string of the molecule is CCCNc1nc(NC(=O)Nc2ccnc(CC3CC3)c2)ncc1C(=O)NCCCNC(=O)OC(C)(C)C. The molecule has 1 aliphatic carbocycles. The molecule has 0 spiro atoms. The van der Waals surface area contributed by atoms with Crippen LogP contribution in [0, 0.1) is 5.92 Å². The first-order chi connectivity index (χ1) is 18.1. The number of anilines is 3. The minimum Gasteiger partial charge on any atom is -0.444 e. The zero-order valence-corrected chi connectivity index (χ0v) is 22.5. The third-order valence-corrected chi connectivity index (χ3v) is 5.38. The molecule has 2 heterocycles. The predicted molar refractivity (Wildman–Crippen MR) is 145 cm³/mol. The van der Waals surface area contributed by atoms with E-state index in [9.17, 15) is 14.4 Å². The van der Waals surface area contributed by atoms with Crippen LogP contribution in [0.5, 0.6) is 0 Å². The second-order valence-corrected chi connectivity index (χ2v) is 10.2. The summed E-state index contributed by atoms with van der Waals surface area (Å²) in [6.07, 6.45) is 7.24. The summed E-state index contributed by atoms with van der Waals surface area (Å²) in [4.78, 5) is 49.8. The van der Waals surface area contributed by atoms with Crippen molar-refractivity contribution in [3.05, 3.63) is 35.8 Å². The topological polar surface area (TPSA) is 159 Å². The van der Waals surface area contributed by atoms with Crippen molar-refractivity contribution < 1.29 is 19.1 Å². The molecular formula is C26H38N8O4. The molecule has 2 aromatic rings. The monoisotopic (exact) mass is 526 g/mol. The first-order valence-electron chi connectivity index (χ1n) is 13.0. The van der Waals surface area contributed by atoms with Gasteiger partial charge in [0, 0.05) is 43.4 Å². The molecule has 2 aromatic heterocycles. The second-order valence-electron chi connectivity index (χ2n) is 10.2. The molecule has 0 unspecified atom stereocenters. The molecule has 206 valence electrons. The first-order valence-corrected chi connectivity index (χ1v) is 13.0. The van der Waals surface area contributed by atoms with Gasteiger partial charge in [0.15, 0.2) is 0 Å². The van der Waals surface area contributed by atoms with E-state index in [1.54, 1.807) is 33.0 Å². The standard InChI is InChI=1S/C26H38N8O4/c1-5-10-28-21-20(22(35)29-11-6-12-30-25(37)38-26(2,3)4)16-31-23(33-21)34-24(36)32-18-9-13-27-19(15-18)14-17-7-8-17/h9,13,15-17H,5-8,10-12,14H2,1-4H3,(H,29,35)(H,30,37)(H3,27,28,31,32,33,34,36). The van der Waals surface area contributed by atoms with E-state index in [1.165, 1.54) is 19.0 Å². The third kappa shape index (κ3) is 10.2. The van der Waals surface area contributed by atoms with Crippen molar-refractivity contribution in [1.29, 1.82) is 0 Å². The van der Waals surface area contributed by atoms with E-state index in [0.29, 0.717) is 43.5 Å². The zero-order valence-electron chi connectivity index (χ0n) is 22.5. The third-order valence-electron chi connectivity index (χ3n) is 5.38. The van der Waals surface area contributed by atoms with Crippen molar-refractivity contribution in [2.24, 2.45) is 5.92 Å². The number of alkyl carbamates (subject to hydrolysis) is 1. The number of hydrogen-bond donors (Lipinski definition) is 5. The second kappa shape index (κ2) is 13.5. The van der Waals surface area contributed by atoms with E-state index in [2.05, 4.69) is 41.5 Å². The minimum absolute atomic E-state index is 0.0615. The van der Waals surface area contributed by atoms with Gasteiger partial charge in [0.05, 0.1) is 0 Å². The lowest BCUT2D eigenvalue weighted by atomic mass is 10.2. The number of hydrogen-bond acceptors (Lipinski definition) is 8. The van der Waals surface area contributed by atoms with Crippen LogP contribution in [-0.2, 0) is 11.2 Å². The van der Waals surface area contributed by atoms with Crippen LogP contribution >= 0.6 is 0 Å². The van der Waals surface area contributed by atoms with Gasteiger partial charge in [-0.3, -0.25) is 15.1 Å². The maximum absolute atomic E-state index is 12.8. The van der Waals surface area contributed by atoms with Crippen LogP contribution in [0.15, 0.2) is 24.5 Å². The number of aromatic nitrogens is 3. The Bertz CT molecular complexity index is 1110. The number of nitrogens with zero attached hydrogens (tertiary/aromatic N) is 3. The average molecular weight is 527 g/mol. The summed E-state index contributed by atoms with van der Waals surface area (Å²) in [5.74, 6) is 0.708. The molecule has 1 fully saturated rings. The maximum Gasteiger partial charge on any atom is 0.407 e. The molecule has 0 atom stereocenters. The minimum atomic E-state index is -0.569. The van der Waals surface area contributed by atoms with Crippen LogP contribution in [0.3, 0.4) is 0 Å². The highest BCUT2D eigenvalue weighted by Crippen LogP contribution is 2.32. The predicted octanol–water partition coefficient (Wildman–Crippen LogP) is 3.93. The number of carbonyl (C=O) groups excluding carboxylic acids is 3. The van der Waals surface area contributed by atoms with Crippen molar-refractivity contribution in [2.45, 2.75) is 65.4 Å². The van der Waals surface area contributed by atoms with Crippen LogP contribution in [-0.4, -0.2) is 58.2 Å². The largest absolute Gasteiger partial charge is 0.444 e. The average Bonchev–Trinajstić information content (AvgIpc) is 3.65. The van der Waals surface area contributed by atoms with Crippen LogP contribution in [0.25, 0.3) is 0 Å². The summed E-state index contributed by atoms with van der Waals surface area (Å²) in [5.41, 5.74) is 1.27. The zero-order chi connectivity index (χ0) is 27.5. The number of amides is 4. The van der Waals surface area contributed by atoms with E-state index in [4.69, 9.17) is 4.74 Å². The van der Waals surface area contributed by atoms with Crippen molar-refractivity contribution in [2.75, 3.05) is 35.6 Å². The molecule has 0 aliphatic heterocycles. The van der Waals surface area contributed by atoms with E-state index in [0.717, 1.165) is 18.5 Å². The summed E-state index contributed by atoms with van der Waals surface area (Å²) in [7, 11) is 0. The molecule has 12 nitrogen and oxygen atoms in total. The van der Waals surface area contributed by atoms with Gasteiger partial charge in [-0.25, -0.2) is 14.6 Å². The van der Waals surface area contributed by atoms with Gasteiger partial charge in [-0.05, 0) is 70.9 Å². The van der Waals surface area contributed by atoms with Crippen molar-refractivity contribution in [3.63, 3.8) is 0 Å². The van der Waals surface area contributed by atoms with Crippen LogP contribution < -0.4 is 26.6 Å². The molecule has 38 heavy (non-hydrogen) atoms. The molecule has 0 aromatic carbocycles. The van der Waals surface area contributed by atoms with Crippen molar-refractivity contribution in [3.8, 4) is 0 Å². The number of carbonyl (C=O) groups is 3. The fourth-order valence-corrected chi connectivity index (χ4v) is 3.43. The van der Waals surface area contributed by atoms with Gasteiger partial charge in [-0.15, -0.1) is 0 Å². The molecule has 5 N–H and O–H groups in total. The Morgan fingerprint density at radius 3 is 2.53 bits per heavy atom. The molecule has 0 radical (unpaired) electrons. The van der Waals surface area contributed by atoms with Crippen LogP contribution in [0.1, 0.15) is 69.4 Å². The Balaban J connectivity index is 1.52. The Labute approximate surface area is 223 Å². The fourth-order valence-electron chi connectivity index (χ4n) is 3.43. The van der Waals surface area contributed by atoms with Gasteiger partial charge in [0.2, 0.25) is 5.95 Å². The molecule has 1 saturated carbocycles. The lowest BCUT2D eigenvalue weighted by molar-refractivity contribution is 0.0527. The highest BCUT2D eigenvalue weighted by atomic mass is 16.6. The van der Waals surface area contributed by atoms with E-state index < -0.39 is 17.7 Å². The summed E-state index contributed by atoms with van der Waals surface area (Å²) in [6, 6.07) is 3.09. The van der Waals surface area contributed by atoms with E-state index in [-0.39, 0.29) is 17.4 Å². The molecule has 4 amide bonds. The highest BCUT2D eigenvalue weighted by Gasteiger charge is 2.22. The Morgan fingerprint density at radius 2 is 1.82 bits per heavy atom.